The van der Waals surface area contributed by atoms with E-state index in [0.29, 0.717) is 18.6 Å². The van der Waals surface area contributed by atoms with Crippen molar-refractivity contribution in [3.63, 3.8) is 0 Å². The molecule has 16 heavy (non-hydrogen) atoms. The number of nitrogens with two attached hydrogens (primary N) is 1. The van der Waals surface area contributed by atoms with E-state index in [1.165, 1.54) is 0 Å². The summed E-state index contributed by atoms with van der Waals surface area (Å²) >= 11 is 0. The maximum Gasteiger partial charge on any atom is 0.212 e. The van der Waals surface area contributed by atoms with Crippen molar-refractivity contribution < 1.29 is 8.42 Å². The van der Waals surface area contributed by atoms with Crippen LogP contribution in [0.4, 0.5) is 0 Å². The number of nitrogens with zero attached hydrogens (tertiary/aromatic N) is 1. The lowest BCUT2D eigenvalue weighted by Gasteiger charge is -2.30. The van der Waals surface area contributed by atoms with Crippen molar-refractivity contribution in [1.29, 1.82) is 0 Å². The Labute approximate surface area is 99.4 Å². The molecule has 0 heterocycles. The van der Waals surface area contributed by atoms with Crippen LogP contribution >= 0.6 is 0 Å². The number of rotatable bonds is 8. The van der Waals surface area contributed by atoms with Gasteiger partial charge in [0.15, 0.2) is 0 Å². The van der Waals surface area contributed by atoms with Gasteiger partial charge >= 0.3 is 0 Å². The molecule has 0 spiro atoms. The van der Waals surface area contributed by atoms with Crippen LogP contribution in [-0.2, 0) is 10.0 Å². The van der Waals surface area contributed by atoms with E-state index >= 15 is 0 Å². The second kappa shape index (κ2) is 7.21. The Balaban J connectivity index is 4.05. The highest BCUT2D eigenvalue weighted by atomic mass is 32.2. The molecule has 0 aromatic heterocycles. The Morgan fingerprint density at radius 3 is 2.06 bits per heavy atom. The molecule has 0 saturated carbocycles. The molecule has 6 heteroatoms. The van der Waals surface area contributed by atoms with Crippen LogP contribution in [0.3, 0.4) is 0 Å². The summed E-state index contributed by atoms with van der Waals surface area (Å²) in [6.07, 6.45) is 0. The summed E-state index contributed by atoms with van der Waals surface area (Å²) in [6, 6.07) is 0.832. The molecule has 3 N–H and O–H groups in total. The zero-order valence-electron chi connectivity index (χ0n) is 10.7. The van der Waals surface area contributed by atoms with Gasteiger partial charge in [0.1, 0.15) is 0 Å². The first-order valence-corrected chi connectivity index (χ1v) is 7.38. The Hall–Kier alpha value is -0.170. The SMILES string of the molecule is CC(C)N(CCNS(=O)(=O)CCN)C(C)C. The van der Waals surface area contributed by atoms with Crippen molar-refractivity contribution in [1.82, 2.24) is 9.62 Å². The predicted molar refractivity (Wildman–Crippen MR) is 67.8 cm³/mol. The largest absolute Gasteiger partial charge is 0.329 e. The van der Waals surface area contributed by atoms with E-state index in [1.54, 1.807) is 0 Å². The third-order valence-corrected chi connectivity index (χ3v) is 3.82. The minimum absolute atomic E-state index is 0.00361. The van der Waals surface area contributed by atoms with E-state index in [4.69, 9.17) is 5.73 Å². The van der Waals surface area contributed by atoms with Gasteiger partial charge in [-0.1, -0.05) is 0 Å². The number of hydrogen-bond acceptors (Lipinski definition) is 4. The highest BCUT2D eigenvalue weighted by Crippen LogP contribution is 2.03. The lowest BCUT2D eigenvalue weighted by molar-refractivity contribution is 0.179. The van der Waals surface area contributed by atoms with Crippen LogP contribution in [0.5, 0.6) is 0 Å². The highest BCUT2D eigenvalue weighted by Gasteiger charge is 2.14. The molecule has 0 unspecified atom stereocenters. The Morgan fingerprint density at radius 1 is 1.19 bits per heavy atom. The Bertz CT molecular complexity index is 268. The van der Waals surface area contributed by atoms with Crippen LogP contribution < -0.4 is 10.5 Å². The van der Waals surface area contributed by atoms with E-state index < -0.39 is 10.0 Å². The monoisotopic (exact) mass is 251 g/mol. The van der Waals surface area contributed by atoms with Gasteiger partial charge in [0.25, 0.3) is 0 Å². The van der Waals surface area contributed by atoms with E-state index in [0.717, 1.165) is 6.54 Å². The number of nitrogens with one attached hydrogen (secondary N) is 1. The van der Waals surface area contributed by atoms with Gasteiger partial charge in [0, 0.05) is 31.7 Å². The minimum Gasteiger partial charge on any atom is -0.329 e. The predicted octanol–water partition coefficient (Wildman–Crippen LogP) is -0.0167. The van der Waals surface area contributed by atoms with Crippen LogP contribution in [0.1, 0.15) is 27.7 Å². The molecule has 0 bridgehead atoms. The van der Waals surface area contributed by atoms with E-state index in [1.807, 2.05) is 0 Å². The first-order valence-electron chi connectivity index (χ1n) is 5.73. The fraction of sp³-hybridized carbons (Fsp3) is 1.00. The maximum atomic E-state index is 11.3. The van der Waals surface area contributed by atoms with Crippen molar-refractivity contribution in [3.8, 4) is 0 Å². The normalized spacial score (nSPS) is 13.0. The summed E-state index contributed by atoms with van der Waals surface area (Å²) in [5, 5.41) is 0. The van der Waals surface area contributed by atoms with Gasteiger partial charge in [0.2, 0.25) is 10.0 Å². The molecule has 0 radical (unpaired) electrons. The highest BCUT2D eigenvalue weighted by molar-refractivity contribution is 7.89. The summed E-state index contributed by atoms with van der Waals surface area (Å²) in [6.45, 7) is 9.75. The second-order valence-electron chi connectivity index (χ2n) is 4.43. The van der Waals surface area contributed by atoms with Crippen molar-refractivity contribution in [2.24, 2.45) is 5.73 Å². The van der Waals surface area contributed by atoms with Crippen LogP contribution in [0.2, 0.25) is 0 Å². The third kappa shape index (κ3) is 6.42. The Morgan fingerprint density at radius 2 is 1.69 bits per heavy atom. The van der Waals surface area contributed by atoms with Gasteiger partial charge in [0.05, 0.1) is 5.75 Å². The topological polar surface area (TPSA) is 75.4 Å². The van der Waals surface area contributed by atoms with Crippen molar-refractivity contribution in [2.75, 3.05) is 25.4 Å². The molecule has 5 nitrogen and oxygen atoms in total. The van der Waals surface area contributed by atoms with Crippen molar-refractivity contribution in [2.45, 2.75) is 39.8 Å². The second-order valence-corrected chi connectivity index (χ2v) is 6.35. The van der Waals surface area contributed by atoms with Crippen LogP contribution in [0.25, 0.3) is 0 Å². The van der Waals surface area contributed by atoms with Crippen LogP contribution in [0, 0.1) is 0 Å². The fourth-order valence-electron chi connectivity index (χ4n) is 1.67. The molecule has 0 fully saturated rings. The Kier molecular flexibility index (Phi) is 7.14. The van der Waals surface area contributed by atoms with Gasteiger partial charge in [-0.3, -0.25) is 4.90 Å². The van der Waals surface area contributed by atoms with Crippen molar-refractivity contribution in [3.05, 3.63) is 0 Å². The van der Waals surface area contributed by atoms with Gasteiger partial charge in [-0.25, -0.2) is 13.1 Å². The van der Waals surface area contributed by atoms with E-state index in [9.17, 15) is 8.42 Å². The summed E-state index contributed by atoms with van der Waals surface area (Å²) in [5.74, 6) is -0.00361. The molecule has 0 aliphatic rings. The van der Waals surface area contributed by atoms with Gasteiger partial charge < -0.3 is 5.73 Å². The summed E-state index contributed by atoms with van der Waals surface area (Å²) in [4.78, 5) is 2.24. The molecule has 0 amide bonds. The zero-order valence-corrected chi connectivity index (χ0v) is 11.5. The van der Waals surface area contributed by atoms with Crippen LogP contribution in [-0.4, -0.2) is 50.8 Å². The molecule has 0 saturated heterocycles. The minimum atomic E-state index is -3.18. The number of hydrogen-bond donors (Lipinski definition) is 2. The van der Waals surface area contributed by atoms with E-state index in [2.05, 4.69) is 37.3 Å². The molecular weight excluding hydrogens is 226 g/mol. The standard InChI is InChI=1S/C10H25N3O2S/c1-9(2)13(10(3)4)7-6-12-16(14,15)8-5-11/h9-10,12H,5-8,11H2,1-4H3. The number of sulfonamides is 1. The smallest absolute Gasteiger partial charge is 0.212 e. The lowest BCUT2D eigenvalue weighted by atomic mass is 10.2. The molecule has 98 valence electrons. The lowest BCUT2D eigenvalue weighted by Crippen LogP contribution is -2.43. The fourth-order valence-corrected chi connectivity index (χ4v) is 2.53. The molecule has 0 atom stereocenters. The van der Waals surface area contributed by atoms with Gasteiger partial charge in [-0.05, 0) is 27.7 Å². The van der Waals surface area contributed by atoms with Gasteiger partial charge in [-0.15, -0.1) is 0 Å². The maximum absolute atomic E-state index is 11.3. The quantitative estimate of drug-likeness (QED) is 0.636. The van der Waals surface area contributed by atoms with Crippen molar-refractivity contribution >= 4 is 10.0 Å². The average Bonchev–Trinajstić information content (AvgIpc) is 2.10. The molecule has 0 rings (SSSR count). The van der Waals surface area contributed by atoms with E-state index in [-0.39, 0.29) is 12.3 Å². The van der Waals surface area contributed by atoms with Crippen LogP contribution in [0.15, 0.2) is 0 Å². The first-order chi connectivity index (χ1) is 7.30. The summed E-state index contributed by atoms with van der Waals surface area (Å²) < 4.78 is 25.2. The zero-order chi connectivity index (χ0) is 12.8. The average molecular weight is 251 g/mol. The summed E-state index contributed by atoms with van der Waals surface area (Å²) in [7, 11) is -3.18. The molecule has 0 aliphatic heterocycles. The molecule has 0 aliphatic carbocycles. The summed E-state index contributed by atoms with van der Waals surface area (Å²) in [5.41, 5.74) is 5.21. The van der Waals surface area contributed by atoms with Gasteiger partial charge in [-0.2, -0.15) is 0 Å². The third-order valence-electron chi connectivity index (χ3n) is 2.41. The molecule has 0 aromatic rings. The molecular formula is C10H25N3O2S. The molecule has 0 aromatic carbocycles. The first kappa shape index (κ1) is 15.8.